The summed E-state index contributed by atoms with van der Waals surface area (Å²) in [6.45, 7) is 3.38. The van der Waals surface area contributed by atoms with E-state index in [2.05, 4.69) is 23.4 Å². The maximum Gasteiger partial charge on any atom is 0.331 e. The van der Waals surface area contributed by atoms with Crippen molar-refractivity contribution >= 4 is 11.7 Å². The van der Waals surface area contributed by atoms with Crippen LogP contribution in [0.3, 0.4) is 0 Å². The number of rotatable bonds is 3. The van der Waals surface area contributed by atoms with E-state index in [1.54, 1.807) is 0 Å². The van der Waals surface area contributed by atoms with Crippen molar-refractivity contribution in [2.45, 2.75) is 46.0 Å². The Hall–Kier alpha value is -1.64. The summed E-state index contributed by atoms with van der Waals surface area (Å²) >= 11 is 0. The number of aryl methyl sites for hydroxylation is 2. The Labute approximate surface area is 108 Å². The zero-order chi connectivity index (χ0) is 13.0. The summed E-state index contributed by atoms with van der Waals surface area (Å²) < 4.78 is 0. The third kappa shape index (κ3) is 2.97. The van der Waals surface area contributed by atoms with Gasteiger partial charge in [0.05, 0.1) is 5.71 Å². The van der Waals surface area contributed by atoms with Crippen LogP contribution in [0.25, 0.3) is 0 Å². The second-order valence-corrected chi connectivity index (χ2v) is 4.66. The molecule has 0 aliphatic heterocycles. The Balaban J connectivity index is 2.26. The number of carbonyl (C=O) groups excluding carboxylic acids is 1. The number of benzene rings is 1. The van der Waals surface area contributed by atoms with Crippen molar-refractivity contribution in [1.29, 1.82) is 0 Å². The molecule has 0 saturated heterocycles. The highest BCUT2D eigenvalue weighted by Gasteiger charge is 2.11. The lowest BCUT2D eigenvalue weighted by Gasteiger charge is -2.16. The molecule has 96 valence electrons. The molecule has 0 unspecified atom stereocenters. The molecule has 0 N–H and O–H groups in total. The monoisotopic (exact) mass is 245 g/mol. The number of oxime groups is 1. The molecule has 3 nitrogen and oxygen atoms in total. The van der Waals surface area contributed by atoms with Gasteiger partial charge in [-0.15, -0.1) is 0 Å². The van der Waals surface area contributed by atoms with E-state index >= 15 is 0 Å². The highest BCUT2D eigenvalue weighted by Crippen LogP contribution is 2.23. The maximum absolute atomic E-state index is 10.8. The van der Waals surface area contributed by atoms with Crippen molar-refractivity contribution < 1.29 is 9.63 Å². The van der Waals surface area contributed by atoms with Gasteiger partial charge in [0.15, 0.2) is 0 Å². The summed E-state index contributed by atoms with van der Waals surface area (Å²) in [4.78, 5) is 15.5. The van der Waals surface area contributed by atoms with Crippen molar-refractivity contribution in [3.05, 3.63) is 34.9 Å². The normalized spacial score (nSPS) is 15.1. The molecule has 3 heteroatoms. The fourth-order valence-electron chi connectivity index (χ4n) is 2.35. The SMILES string of the molecule is CC/C(=N\OC(C)=O)c1ccc2c(c1)CCCC2. The fourth-order valence-corrected chi connectivity index (χ4v) is 2.35. The standard InChI is InChI=1S/C15H19NO2/c1-3-15(16-18-11(2)17)14-9-8-12-6-4-5-7-13(12)10-14/h8-10H,3-7H2,1-2H3/b16-15+. The molecule has 1 aliphatic carbocycles. The van der Waals surface area contributed by atoms with Gasteiger partial charge in [0.2, 0.25) is 0 Å². The van der Waals surface area contributed by atoms with E-state index in [4.69, 9.17) is 4.84 Å². The van der Waals surface area contributed by atoms with Gasteiger partial charge < -0.3 is 4.84 Å². The van der Waals surface area contributed by atoms with Gasteiger partial charge in [-0.25, -0.2) is 4.79 Å². The Bertz CT molecular complexity index is 477. The zero-order valence-corrected chi connectivity index (χ0v) is 11.0. The lowest BCUT2D eigenvalue weighted by Crippen LogP contribution is -2.07. The minimum Gasteiger partial charge on any atom is -0.318 e. The van der Waals surface area contributed by atoms with Crippen LogP contribution < -0.4 is 0 Å². The van der Waals surface area contributed by atoms with Crippen LogP contribution in [-0.2, 0) is 22.5 Å². The van der Waals surface area contributed by atoms with E-state index in [1.807, 2.05) is 6.92 Å². The van der Waals surface area contributed by atoms with Gasteiger partial charge in [0.25, 0.3) is 0 Å². The van der Waals surface area contributed by atoms with Gasteiger partial charge in [0.1, 0.15) is 0 Å². The first-order valence-corrected chi connectivity index (χ1v) is 6.57. The summed E-state index contributed by atoms with van der Waals surface area (Å²) in [5, 5.41) is 3.93. The van der Waals surface area contributed by atoms with Crippen LogP contribution in [0.5, 0.6) is 0 Å². The minimum atomic E-state index is -0.376. The molecule has 2 rings (SSSR count). The molecule has 0 spiro atoms. The van der Waals surface area contributed by atoms with Crippen LogP contribution in [0.4, 0.5) is 0 Å². The first kappa shape index (κ1) is 12.8. The van der Waals surface area contributed by atoms with Crippen LogP contribution in [0.2, 0.25) is 0 Å². The van der Waals surface area contributed by atoms with Crippen LogP contribution in [0.15, 0.2) is 23.4 Å². The highest BCUT2D eigenvalue weighted by molar-refractivity contribution is 6.00. The van der Waals surface area contributed by atoms with Gasteiger partial charge >= 0.3 is 5.97 Å². The predicted octanol–water partition coefficient (Wildman–Crippen LogP) is 3.24. The molecular formula is C15H19NO2. The highest BCUT2D eigenvalue weighted by atomic mass is 16.7. The Morgan fingerprint density at radius 3 is 2.67 bits per heavy atom. The van der Waals surface area contributed by atoms with Crippen molar-refractivity contribution in [2.75, 3.05) is 0 Å². The first-order valence-electron chi connectivity index (χ1n) is 6.57. The Kier molecular flexibility index (Phi) is 4.13. The summed E-state index contributed by atoms with van der Waals surface area (Å²) in [5.41, 5.74) is 4.77. The van der Waals surface area contributed by atoms with Crippen LogP contribution >= 0.6 is 0 Å². The molecule has 0 radical (unpaired) electrons. The van der Waals surface area contributed by atoms with Crippen LogP contribution in [0, 0.1) is 0 Å². The quantitative estimate of drug-likeness (QED) is 0.466. The molecular weight excluding hydrogens is 226 g/mol. The molecule has 0 amide bonds. The molecule has 0 atom stereocenters. The molecule has 0 heterocycles. The average molecular weight is 245 g/mol. The van der Waals surface area contributed by atoms with Gasteiger partial charge in [-0.2, -0.15) is 0 Å². The summed E-state index contributed by atoms with van der Waals surface area (Å²) in [6, 6.07) is 6.46. The summed E-state index contributed by atoms with van der Waals surface area (Å²) in [7, 11) is 0. The van der Waals surface area contributed by atoms with Crippen molar-refractivity contribution in [3.63, 3.8) is 0 Å². The smallest absolute Gasteiger partial charge is 0.318 e. The summed E-state index contributed by atoms with van der Waals surface area (Å²) in [6.07, 6.45) is 5.63. The molecule has 0 bridgehead atoms. The second kappa shape index (κ2) is 5.80. The van der Waals surface area contributed by atoms with Gasteiger partial charge in [0, 0.05) is 6.92 Å². The van der Waals surface area contributed by atoms with E-state index < -0.39 is 0 Å². The van der Waals surface area contributed by atoms with Crippen molar-refractivity contribution in [3.8, 4) is 0 Å². The molecule has 1 aromatic carbocycles. The van der Waals surface area contributed by atoms with Crippen molar-refractivity contribution in [2.24, 2.45) is 5.16 Å². The molecule has 18 heavy (non-hydrogen) atoms. The number of hydrogen-bond donors (Lipinski definition) is 0. The Morgan fingerprint density at radius 2 is 2.00 bits per heavy atom. The first-order chi connectivity index (χ1) is 8.70. The number of carbonyl (C=O) groups is 1. The van der Waals surface area contributed by atoms with E-state index in [0.29, 0.717) is 0 Å². The van der Waals surface area contributed by atoms with Crippen LogP contribution in [-0.4, -0.2) is 11.7 Å². The lowest BCUT2D eigenvalue weighted by molar-refractivity contribution is -0.140. The largest absolute Gasteiger partial charge is 0.331 e. The Morgan fingerprint density at radius 1 is 1.28 bits per heavy atom. The van der Waals surface area contributed by atoms with Crippen molar-refractivity contribution in [1.82, 2.24) is 0 Å². The topological polar surface area (TPSA) is 38.7 Å². The summed E-state index contributed by atoms with van der Waals surface area (Å²) in [5.74, 6) is -0.376. The lowest BCUT2D eigenvalue weighted by atomic mass is 9.89. The second-order valence-electron chi connectivity index (χ2n) is 4.66. The van der Waals surface area contributed by atoms with Crippen LogP contribution in [0.1, 0.15) is 49.8 Å². The molecule has 0 fully saturated rings. The third-order valence-corrected chi connectivity index (χ3v) is 3.30. The minimum absolute atomic E-state index is 0.376. The zero-order valence-electron chi connectivity index (χ0n) is 11.0. The number of hydrogen-bond acceptors (Lipinski definition) is 3. The molecule has 1 aliphatic rings. The van der Waals surface area contributed by atoms with Gasteiger partial charge in [-0.1, -0.05) is 24.2 Å². The maximum atomic E-state index is 10.8. The average Bonchev–Trinajstić information content (AvgIpc) is 2.39. The van der Waals surface area contributed by atoms with Gasteiger partial charge in [-0.3, -0.25) is 0 Å². The van der Waals surface area contributed by atoms with E-state index in [9.17, 15) is 4.79 Å². The van der Waals surface area contributed by atoms with E-state index in [0.717, 1.165) is 24.1 Å². The predicted molar refractivity (Wildman–Crippen MR) is 71.7 cm³/mol. The number of nitrogens with zero attached hydrogens (tertiary/aromatic N) is 1. The van der Waals surface area contributed by atoms with Gasteiger partial charge in [-0.05, 0) is 54.9 Å². The van der Waals surface area contributed by atoms with E-state index in [-0.39, 0.29) is 5.97 Å². The van der Waals surface area contributed by atoms with E-state index in [1.165, 1.54) is 37.3 Å². The molecule has 1 aromatic rings. The third-order valence-electron chi connectivity index (χ3n) is 3.30. The fraction of sp³-hybridized carbons (Fsp3) is 0.467. The molecule has 0 aromatic heterocycles. The molecule has 0 saturated carbocycles. The number of fused-ring (bicyclic) bond motifs is 1.